The number of hydrogen-bond acceptors (Lipinski definition) is 4. The van der Waals surface area contributed by atoms with Crippen LogP contribution in [0.15, 0.2) is 22.7 Å². The summed E-state index contributed by atoms with van der Waals surface area (Å²) in [6.45, 7) is 2.63. The Labute approximate surface area is 108 Å². The summed E-state index contributed by atoms with van der Waals surface area (Å²) >= 11 is 3.32. The molecule has 1 atom stereocenters. The van der Waals surface area contributed by atoms with Crippen LogP contribution in [0.2, 0.25) is 0 Å². The number of aliphatic hydroxyl groups excluding tert-OH is 1. The molecule has 94 valence electrons. The van der Waals surface area contributed by atoms with Gasteiger partial charge in [0.2, 0.25) is 0 Å². The van der Waals surface area contributed by atoms with Crippen LogP contribution in [0.4, 0.5) is 5.69 Å². The van der Waals surface area contributed by atoms with Crippen LogP contribution in [0, 0.1) is 10.1 Å². The van der Waals surface area contributed by atoms with Crippen LogP contribution in [0.25, 0.3) is 0 Å². The van der Waals surface area contributed by atoms with E-state index in [0.29, 0.717) is 11.0 Å². The molecule has 0 aliphatic carbocycles. The number of non-ortho nitro benzene ring substituents is 1. The largest absolute Gasteiger partial charge is 0.395 e. The van der Waals surface area contributed by atoms with Gasteiger partial charge in [-0.15, -0.1) is 0 Å². The Morgan fingerprint density at radius 1 is 1.59 bits per heavy atom. The van der Waals surface area contributed by atoms with Gasteiger partial charge < -0.3 is 5.11 Å². The lowest BCUT2D eigenvalue weighted by Crippen LogP contribution is -2.31. The van der Waals surface area contributed by atoms with Crippen molar-refractivity contribution < 1.29 is 10.0 Å². The van der Waals surface area contributed by atoms with Crippen molar-refractivity contribution in [3.8, 4) is 0 Å². The molecule has 0 saturated heterocycles. The van der Waals surface area contributed by atoms with Crippen molar-refractivity contribution >= 4 is 21.6 Å². The first-order chi connectivity index (χ1) is 7.95. The summed E-state index contributed by atoms with van der Waals surface area (Å²) in [4.78, 5) is 12.1. The summed E-state index contributed by atoms with van der Waals surface area (Å²) in [5, 5.41) is 19.6. The van der Waals surface area contributed by atoms with Gasteiger partial charge in [0.1, 0.15) is 0 Å². The molecule has 1 unspecified atom stereocenters. The molecule has 5 nitrogen and oxygen atoms in total. The number of halogens is 1. The SMILES string of the molecule is CC(CO)N(C)Cc1ccc([N+](=O)[O-])cc1Br. The Morgan fingerprint density at radius 2 is 2.24 bits per heavy atom. The molecule has 1 aromatic carbocycles. The zero-order valence-corrected chi connectivity index (χ0v) is 11.3. The second-order valence-corrected chi connectivity index (χ2v) is 4.83. The normalized spacial score (nSPS) is 12.8. The molecule has 1 N–H and O–H groups in total. The van der Waals surface area contributed by atoms with E-state index in [0.717, 1.165) is 5.56 Å². The molecule has 0 radical (unpaired) electrons. The van der Waals surface area contributed by atoms with E-state index in [1.807, 2.05) is 18.9 Å². The van der Waals surface area contributed by atoms with Crippen LogP contribution in [-0.2, 0) is 6.54 Å². The summed E-state index contributed by atoms with van der Waals surface area (Å²) in [7, 11) is 1.90. The first-order valence-corrected chi connectivity index (χ1v) is 5.99. The second-order valence-electron chi connectivity index (χ2n) is 3.98. The van der Waals surface area contributed by atoms with E-state index in [1.54, 1.807) is 6.07 Å². The topological polar surface area (TPSA) is 66.6 Å². The number of nitro groups is 1. The van der Waals surface area contributed by atoms with Crippen LogP contribution in [0.5, 0.6) is 0 Å². The zero-order chi connectivity index (χ0) is 13.0. The molecule has 6 heteroatoms. The van der Waals surface area contributed by atoms with Crippen LogP contribution < -0.4 is 0 Å². The van der Waals surface area contributed by atoms with E-state index < -0.39 is 4.92 Å². The van der Waals surface area contributed by atoms with Gasteiger partial charge >= 0.3 is 0 Å². The summed E-state index contributed by atoms with van der Waals surface area (Å²) in [5.41, 5.74) is 1.02. The molecular formula is C11H15BrN2O3. The van der Waals surface area contributed by atoms with Gasteiger partial charge in [0.15, 0.2) is 0 Å². The predicted octanol–water partition coefficient (Wildman–Crippen LogP) is 2.17. The molecule has 1 aromatic rings. The lowest BCUT2D eigenvalue weighted by atomic mass is 10.2. The van der Waals surface area contributed by atoms with Crippen LogP contribution in [0.1, 0.15) is 12.5 Å². The Bertz CT molecular complexity index is 412. The van der Waals surface area contributed by atoms with E-state index in [9.17, 15) is 10.1 Å². The standard InChI is InChI=1S/C11H15BrN2O3/c1-8(7-15)13(2)6-9-3-4-10(14(16)17)5-11(9)12/h3-5,8,15H,6-7H2,1-2H3. The van der Waals surface area contributed by atoms with Gasteiger partial charge in [0, 0.05) is 29.2 Å². The third-order valence-electron chi connectivity index (χ3n) is 2.68. The third-order valence-corrected chi connectivity index (χ3v) is 3.42. The predicted molar refractivity (Wildman–Crippen MR) is 68.8 cm³/mol. The Morgan fingerprint density at radius 3 is 2.71 bits per heavy atom. The molecule has 0 aliphatic heterocycles. The molecule has 0 heterocycles. The van der Waals surface area contributed by atoms with Gasteiger partial charge in [0.05, 0.1) is 11.5 Å². The van der Waals surface area contributed by atoms with E-state index >= 15 is 0 Å². The van der Waals surface area contributed by atoms with Gasteiger partial charge in [-0.1, -0.05) is 15.9 Å². The first kappa shape index (κ1) is 14.1. The molecule has 1 rings (SSSR count). The summed E-state index contributed by atoms with van der Waals surface area (Å²) in [5.74, 6) is 0. The highest BCUT2D eigenvalue weighted by Crippen LogP contribution is 2.24. The number of aliphatic hydroxyl groups is 1. The van der Waals surface area contributed by atoms with Crippen LogP contribution in [0.3, 0.4) is 0 Å². The molecule has 0 amide bonds. The van der Waals surface area contributed by atoms with E-state index in [4.69, 9.17) is 5.11 Å². The number of nitro benzene ring substituents is 1. The van der Waals surface area contributed by atoms with Crippen molar-refractivity contribution in [2.75, 3.05) is 13.7 Å². The zero-order valence-electron chi connectivity index (χ0n) is 9.76. The fourth-order valence-electron chi connectivity index (χ4n) is 1.34. The van der Waals surface area contributed by atoms with Crippen molar-refractivity contribution in [2.45, 2.75) is 19.5 Å². The van der Waals surface area contributed by atoms with Gasteiger partial charge in [0.25, 0.3) is 5.69 Å². The molecule has 0 spiro atoms. The lowest BCUT2D eigenvalue weighted by molar-refractivity contribution is -0.384. The average molecular weight is 303 g/mol. The Kier molecular flexibility index (Phi) is 5.04. The average Bonchev–Trinajstić information content (AvgIpc) is 2.30. The fourth-order valence-corrected chi connectivity index (χ4v) is 1.83. The van der Waals surface area contributed by atoms with Crippen LogP contribution >= 0.6 is 15.9 Å². The van der Waals surface area contributed by atoms with Gasteiger partial charge in [-0.3, -0.25) is 15.0 Å². The first-order valence-electron chi connectivity index (χ1n) is 5.19. The molecular weight excluding hydrogens is 288 g/mol. The third kappa shape index (κ3) is 3.76. The minimum atomic E-state index is -0.422. The van der Waals surface area contributed by atoms with Gasteiger partial charge in [-0.25, -0.2) is 0 Å². The molecule has 0 bridgehead atoms. The number of hydrogen-bond donors (Lipinski definition) is 1. The minimum absolute atomic E-state index is 0.0529. The number of likely N-dealkylation sites (N-methyl/N-ethyl adjacent to an activating group) is 1. The maximum Gasteiger partial charge on any atom is 0.270 e. The monoisotopic (exact) mass is 302 g/mol. The Balaban J connectivity index is 2.82. The Hall–Kier alpha value is -0.980. The molecule has 0 aromatic heterocycles. The molecule has 0 fully saturated rings. The van der Waals surface area contributed by atoms with E-state index in [1.165, 1.54) is 12.1 Å². The van der Waals surface area contributed by atoms with Crippen molar-refractivity contribution in [1.82, 2.24) is 4.90 Å². The van der Waals surface area contributed by atoms with Crippen molar-refractivity contribution in [1.29, 1.82) is 0 Å². The summed E-state index contributed by atoms with van der Waals surface area (Å²) in [6.07, 6.45) is 0. The highest BCUT2D eigenvalue weighted by molar-refractivity contribution is 9.10. The molecule has 0 aliphatic rings. The van der Waals surface area contributed by atoms with Crippen molar-refractivity contribution in [2.24, 2.45) is 0 Å². The quantitative estimate of drug-likeness (QED) is 0.669. The molecule has 17 heavy (non-hydrogen) atoms. The fraction of sp³-hybridized carbons (Fsp3) is 0.455. The van der Waals surface area contributed by atoms with Gasteiger partial charge in [-0.05, 0) is 25.6 Å². The number of rotatable bonds is 5. The molecule has 0 saturated carbocycles. The van der Waals surface area contributed by atoms with Gasteiger partial charge in [-0.2, -0.15) is 0 Å². The maximum absolute atomic E-state index is 10.6. The maximum atomic E-state index is 10.6. The minimum Gasteiger partial charge on any atom is -0.395 e. The summed E-state index contributed by atoms with van der Waals surface area (Å²) in [6, 6.07) is 4.75. The van der Waals surface area contributed by atoms with Crippen molar-refractivity contribution in [3.63, 3.8) is 0 Å². The second kappa shape index (κ2) is 6.09. The number of nitrogens with zero attached hydrogens (tertiary/aromatic N) is 2. The van der Waals surface area contributed by atoms with E-state index in [-0.39, 0.29) is 18.3 Å². The highest BCUT2D eigenvalue weighted by atomic mass is 79.9. The summed E-state index contributed by atoms with van der Waals surface area (Å²) < 4.78 is 0.712. The van der Waals surface area contributed by atoms with E-state index in [2.05, 4.69) is 15.9 Å². The number of benzene rings is 1. The highest BCUT2D eigenvalue weighted by Gasteiger charge is 2.13. The smallest absolute Gasteiger partial charge is 0.270 e. The lowest BCUT2D eigenvalue weighted by Gasteiger charge is -2.23. The van der Waals surface area contributed by atoms with Crippen LogP contribution in [-0.4, -0.2) is 34.6 Å². The van der Waals surface area contributed by atoms with Crippen molar-refractivity contribution in [3.05, 3.63) is 38.3 Å².